The lowest BCUT2D eigenvalue weighted by Gasteiger charge is -2.15. The van der Waals surface area contributed by atoms with Crippen LogP contribution >= 0.6 is 0 Å². The van der Waals surface area contributed by atoms with Gasteiger partial charge < -0.3 is 14.6 Å². The number of rotatable bonds is 64. The fourth-order valence-electron chi connectivity index (χ4n) is 10.7. The van der Waals surface area contributed by atoms with Gasteiger partial charge in [-0.15, -0.1) is 0 Å². The van der Waals surface area contributed by atoms with Crippen LogP contribution in [-0.4, -0.2) is 36.4 Å². The number of carbonyl (C=O) groups is 2. The highest BCUT2D eigenvalue weighted by Gasteiger charge is 2.16. The molecule has 0 heterocycles. The number of allylic oxidation sites excluding steroid dienone is 4. The average Bonchev–Trinajstić information content (AvgIpc) is 3.40. The quantitative estimate of drug-likeness (QED) is 0.0373. The SMILES string of the molecule is CCCCCCC/C=C\C/C=C\CCCCCCCCCCCCCCCCCCCCCCCCCCCC(=O)OC(CO)COC(=O)CCCCCCCCCCCCCCCCCCCCCCCCC. The smallest absolute Gasteiger partial charge is 0.306 e. The molecule has 0 saturated heterocycles. The molecular weight excluding hydrogens is 909 g/mol. The van der Waals surface area contributed by atoms with Crippen LogP contribution in [0.4, 0.5) is 0 Å². The molecule has 0 aromatic carbocycles. The van der Waals surface area contributed by atoms with Crippen molar-refractivity contribution in [1.82, 2.24) is 0 Å². The lowest BCUT2D eigenvalue weighted by atomic mass is 10.0. The highest BCUT2D eigenvalue weighted by Crippen LogP contribution is 2.19. The summed E-state index contributed by atoms with van der Waals surface area (Å²) in [4.78, 5) is 24.6. The molecule has 0 aliphatic heterocycles. The Morgan fingerprint density at radius 2 is 0.541 bits per heavy atom. The summed E-state index contributed by atoms with van der Waals surface area (Å²) >= 11 is 0. The van der Waals surface area contributed by atoms with Crippen LogP contribution in [0, 0.1) is 0 Å². The fraction of sp³-hybridized carbons (Fsp3) is 0.913. The van der Waals surface area contributed by atoms with Crippen molar-refractivity contribution in [2.75, 3.05) is 13.2 Å². The molecule has 1 atom stereocenters. The zero-order valence-electron chi connectivity index (χ0n) is 50.4. The first kappa shape index (κ1) is 72.4. The number of esters is 2. The van der Waals surface area contributed by atoms with E-state index in [1.807, 2.05) is 0 Å². The standard InChI is InChI=1S/C69H132O5/c1-3-5-7-9-11-13-15-17-19-21-23-25-27-28-29-30-31-32-33-34-35-36-37-38-39-40-42-44-46-48-50-52-54-56-58-60-62-64-69(72)74-67(65-70)66-73-68(71)63-61-59-57-55-53-51-49-47-45-43-41-26-24-22-20-18-16-14-12-10-8-6-4-2/h15,17,21,23,67,70H,3-14,16,18-20,22,24-66H2,1-2H3/b17-15-,23-21-. The van der Waals surface area contributed by atoms with E-state index in [9.17, 15) is 14.7 Å². The van der Waals surface area contributed by atoms with E-state index < -0.39 is 6.10 Å². The Hall–Kier alpha value is -1.62. The first-order valence-electron chi connectivity index (χ1n) is 33.9. The summed E-state index contributed by atoms with van der Waals surface area (Å²) in [6, 6.07) is 0. The number of hydrogen-bond donors (Lipinski definition) is 1. The van der Waals surface area contributed by atoms with E-state index in [1.165, 1.54) is 321 Å². The van der Waals surface area contributed by atoms with Crippen molar-refractivity contribution in [3.63, 3.8) is 0 Å². The van der Waals surface area contributed by atoms with E-state index >= 15 is 0 Å². The largest absolute Gasteiger partial charge is 0.462 e. The van der Waals surface area contributed by atoms with Gasteiger partial charge in [0.2, 0.25) is 0 Å². The maximum atomic E-state index is 12.4. The van der Waals surface area contributed by atoms with E-state index in [0.29, 0.717) is 12.8 Å². The van der Waals surface area contributed by atoms with Gasteiger partial charge in [0.05, 0.1) is 6.61 Å². The second-order valence-corrected chi connectivity index (χ2v) is 23.3. The monoisotopic (exact) mass is 1040 g/mol. The number of unbranched alkanes of at least 4 members (excludes halogenated alkanes) is 52. The molecule has 0 fully saturated rings. The van der Waals surface area contributed by atoms with E-state index in [4.69, 9.17) is 9.47 Å². The molecule has 438 valence electrons. The first-order chi connectivity index (χ1) is 36.6. The Labute approximate surface area is 464 Å². The van der Waals surface area contributed by atoms with Crippen LogP contribution in [-0.2, 0) is 19.1 Å². The molecule has 0 bridgehead atoms. The molecule has 0 aromatic rings. The first-order valence-corrected chi connectivity index (χ1v) is 33.9. The molecular formula is C69H132O5. The van der Waals surface area contributed by atoms with Crippen molar-refractivity contribution in [3.8, 4) is 0 Å². The van der Waals surface area contributed by atoms with E-state index in [-0.39, 0.29) is 25.2 Å². The Kier molecular flexibility index (Phi) is 64.2. The highest BCUT2D eigenvalue weighted by molar-refractivity contribution is 5.70. The molecule has 5 heteroatoms. The van der Waals surface area contributed by atoms with Gasteiger partial charge in [-0.25, -0.2) is 0 Å². The predicted molar refractivity (Wildman–Crippen MR) is 325 cm³/mol. The Bertz CT molecular complexity index is 1130. The number of ether oxygens (including phenoxy) is 2. The third-order valence-corrected chi connectivity index (χ3v) is 15.7. The van der Waals surface area contributed by atoms with Crippen LogP contribution in [0.25, 0.3) is 0 Å². The molecule has 74 heavy (non-hydrogen) atoms. The fourth-order valence-corrected chi connectivity index (χ4v) is 10.7. The van der Waals surface area contributed by atoms with Crippen LogP contribution in [0.3, 0.4) is 0 Å². The van der Waals surface area contributed by atoms with Gasteiger partial charge in [0.25, 0.3) is 0 Å². The second kappa shape index (κ2) is 65.7. The third kappa shape index (κ3) is 62.9. The van der Waals surface area contributed by atoms with Crippen LogP contribution in [0.2, 0.25) is 0 Å². The summed E-state index contributed by atoms with van der Waals surface area (Å²) in [6.07, 6.45) is 85.0. The molecule has 0 radical (unpaired) electrons. The summed E-state index contributed by atoms with van der Waals surface area (Å²) in [5, 5.41) is 9.69. The highest BCUT2D eigenvalue weighted by atomic mass is 16.6. The zero-order valence-corrected chi connectivity index (χ0v) is 50.4. The molecule has 0 spiro atoms. The third-order valence-electron chi connectivity index (χ3n) is 15.7. The van der Waals surface area contributed by atoms with Gasteiger partial charge in [-0.1, -0.05) is 353 Å². The van der Waals surface area contributed by atoms with Crippen LogP contribution in [0.5, 0.6) is 0 Å². The van der Waals surface area contributed by atoms with Crippen molar-refractivity contribution in [1.29, 1.82) is 0 Å². The minimum atomic E-state index is -0.767. The minimum Gasteiger partial charge on any atom is -0.462 e. The van der Waals surface area contributed by atoms with Crippen LogP contribution in [0.15, 0.2) is 24.3 Å². The van der Waals surface area contributed by atoms with Gasteiger partial charge in [-0.05, 0) is 44.9 Å². The predicted octanol–water partition coefficient (Wildman–Crippen LogP) is 23.2. The zero-order chi connectivity index (χ0) is 53.4. The van der Waals surface area contributed by atoms with Crippen molar-refractivity contribution in [2.45, 2.75) is 392 Å². The van der Waals surface area contributed by atoms with Gasteiger partial charge in [0.15, 0.2) is 6.10 Å². The topological polar surface area (TPSA) is 72.8 Å². The van der Waals surface area contributed by atoms with Gasteiger partial charge in [-0.3, -0.25) is 9.59 Å². The van der Waals surface area contributed by atoms with Gasteiger partial charge in [0, 0.05) is 12.8 Å². The number of aliphatic hydroxyl groups is 1. The maximum absolute atomic E-state index is 12.4. The van der Waals surface area contributed by atoms with Gasteiger partial charge in [-0.2, -0.15) is 0 Å². The molecule has 5 nitrogen and oxygen atoms in total. The van der Waals surface area contributed by atoms with Crippen molar-refractivity contribution in [3.05, 3.63) is 24.3 Å². The maximum Gasteiger partial charge on any atom is 0.306 e. The van der Waals surface area contributed by atoms with E-state index in [0.717, 1.165) is 38.5 Å². The van der Waals surface area contributed by atoms with Crippen LogP contribution in [0.1, 0.15) is 386 Å². The molecule has 0 aliphatic carbocycles. The lowest BCUT2D eigenvalue weighted by molar-refractivity contribution is -0.161. The number of aliphatic hydroxyl groups excluding tert-OH is 1. The summed E-state index contributed by atoms with van der Waals surface area (Å²) in [7, 11) is 0. The van der Waals surface area contributed by atoms with Crippen molar-refractivity contribution in [2.24, 2.45) is 0 Å². The normalized spacial score (nSPS) is 12.2. The summed E-state index contributed by atoms with van der Waals surface area (Å²) in [6.45, 7) is 4.20. The molecule has 0 rings (SSSR count). The Morgan fingerprint density at radius 3 is 0.797 bits per heavy atom. The molecule has 0 aromatic heterocycles. The summed E-state index contributed by atoms with van der Waals surface area (Å²) in [5.41, 5.74) is 0. The summed E-state index contributed by atoms with van der Waals surface area (Å²) in [5.74, 6) is -0.563. The van der Waals surface area contributed by atoms with Crippen LogP contribution < -0.4 is 0 Å². The molecule has 0 amide bonds. The van der Waals surface area contributed by atoms with Gasteiger partial charge >= 0.3 is 11.9 Å². The second-order valence-electron chi connectivity index (χ2n) is 23.3. The molecule has 0 aliphatic rings. The molecule has 1 unspecified atom stereocenters. The van der Waals surface area contributed by atoms with Crippen molar-refractivity contribution < 1.29 is 24.2 Å². The minimum absolute atomic E-state index is 0.0571. The van der Waals surface area contributed by atoms with E-state index in [2.05, 4.69) is 38.2 Å². The average molecular weight is 1040 g/mol. The Morgan fingerprint density at radius 1 is 0.311 bits per heavy atom. The summed E-state index contributed by atoms with van der Waals surface area (Å²) < 4.78 is 10.8. The number of carbonyl (C=O) groups excluding carboxylic acids is 2. The number of hydrogen-bond acceptors (Lipinski definition) is 5. The van der Waals surface area contributed by atoms with E-state index in [1.54, 1.807) is 0 Å². The Balaban J connectivity index is 3.37. The molecule has 0 saturated carbocycles. The molecule has 1 N–H and O–H groups in total. The lowest BCUT2D eigenvalue weighted by Crippen LogP contribution is -2.28. The van der Waals surface area contributed by atoms with Crippen molar-refractivity contribution >= 4 is 11.9 Å². The van der Waals surface area contributed by atoms with Gasteiger partial charge in [0.1, 0.15) is 6.61 Å².